The summed E-state index contributed by atoms with van der Waals surface area (Å²) in [5, 5.41) is 0.930. The highest BCUT2D eigenvalue weighted by molar-refractivity contribution is 5.95. The number of furan rings is 1. The van der Waals surface area contributed by atoms with Gasteiger partial charge in [-0.25, -0.2) is 0 Å². The zero-order chi connectivity index (χ0) is 15.4. The number of likely N-dealkylation sites (N-methyl/N-ethyl adjacent to an activating group) is 1. The molecular formula is C18H17NO3. The van der Waals surface area contributed by atoms with Crippen LogP contribution in [-0.4, -0.2) is 31.0 Å². The molecule has 0 aliphatic heterocycles. The van der Waals surface area contributed by atoms with Crippen LogP contribution < -0.4 is 4.74 Å². The SMILES string of the molecule is CN(CCOc1ccccc1)C(=O)c1cc2ccccc2o1. The molecule has 0 aliphatic rings. The minimum atomic E-state index is -0.145. The zero-order valence-corrected chi connectivity index (χ0v) is 12.4. The van der Waals surface area contributed by atoms with Gasteiger partial charge >= 0.3 is 0 Å². The Labute approximate surface area is 128 Å². The molecule has 1 amide bonds. The van der Waals surface area contributed by atoms with Gasteiger partial charge < -0.3 is 14.1 Å². The van der Waals surface area contributed by atoms with Crippen molar-refractivity contribution in [2.45, 2.75) is 0 Å². The van der Waals surface area contributed by atoms with Crippen molar-refractivity contribution in [1.82, 2.24) is 4.90 Å². The number of rotatable bonds is 5. The molecule has 2 aromatic carbocycles. The molecule has 22 heavy (non-hydrogen) atoms. The summed E-state index contributed by atoms with van der Waals surface area (Å²) >= 11 is 0. The first-order chi connectivity index (χ1) is 10.7. The van der Waals surface area contributed by atoms with E-state index >= 15 is 0 Å². The van der Waals surface area contributed by atoms with E-state index in [0.717, 1.165) is 16.7 Å². The highest BCUT2D eigenvalue weighted by Gasteiger charge is 2.16. The number of fused-ring (bicyclic) bond motifs is 1. The van der Waals surface area contributed by atoms with Crippen LogP contribution >= 0.6 is 0 Å². The van der Waals surface area contributed by atoms with Crippen molar-refractivity contribution in [2.24, 2.45) is 0 Å². The van der Waals surface area contributed by atoms with Gasteiger partial charge in [-0.3, -0.25) is 4.79 Å². The zero-order valence-electron chi connectivity index (χ0n) is 12.4. The fraction of sp³-hybridized carbons (Fsp3) is 0.167. The van der Waals surface area contributed by atoms with E-state index in [9.17, 15) is 4.79 Å². The molecule has 0 radical (unpaired) electrons. The number of ether oxygens (including phenoxy) is 1. The van der Waals surface area contributed by atoms with E-state index in [1.54, 1.807) is 18.0 Å². The molecule has 0 N–H and O–H groups in total. The fourth-order valence-corrected chi connectivity index (χ4v) is 2.19. The van der Waals surface area contributed by atoms with E-state index in [2.05, 4.69) is 0 Å². The van der Waals surface area contributed by atoms with Gasteiger partial charge in [0, 0.05) is 12.4 Å². The summed E-state index contributed by atoms with van der Waals surface area (Å²) in [6.07, 6.45) is 0. The maximum Gasteiger partial charge on any atom is 0.289 e. The first-order valence-corrected chi connectivity index (χ1v) is 7.16. The fourth-order valence-electron chi connectivity index (χ4n) is 2.19. The monoisotopic (exact) mass is 295 g/mol. The van der Waals surface area contributed by atoms with Crippen LogP contribution in [0, 0.1) is 0 Å². The Morgan fingerprint density at radius 2 is 1.82 bits per heavy atom. The van der Waals surface area contributed by atoms with E-state index < -0.39 is 0 Å². The summed E-state index contributed by atoms with van der Waals surface area (Å²) < 4.78 is 11.2. The topological polar surface area (TPSA) is 42.7 Å². The van der Waals surface area contributed by atoms with E-state index in [1.807, 2.05) is 54.6 Å². The Balaban J connectivity index is 1.59. The third-order valence-electron chi connectivity index (χ3n) is 3.42. The van der Waals surface area contributed by atoms with Crippen molar-refractivity contribution in [2.75, 3.05) is 20.2 Å². The lowest BCUT2D eigenvalue weighted by molar-refractivity contribution is 0.0745. The van der Waals surface area contributed by atoms with Crippen molar-refractivity contribution in [3.63, 3.8) is 0 Å². The molecule has 4 heteroatoms. The molecule has 4 nitrogen and oxygen atoms in total. The molecule has 0 fully saturated rings. The number of carbonyl (C=O) groups excluding carboxylic acids is 1. The minimum Gasteiger partial charge on any atom is -0.492 e. The molecule has 3 rings (SSSR count). The Bertz CT molecular complexity index is 731. The standard InChI is InChI=1S/C18H17NO3/c1-19(11-12-21-15-8-3-2-4-9-15)18(20)17-13-14-7-5-6-10-16(14)22-17/h2-10,13H,11-12H2,1H3. The molecule has 0 bridgehead atoms. The molecule has 0 aliphatic carbocycles. The second kappa shape index (κ2) is 6.35. The normalized spacial score (nSPS) is 10.6. The highest BCUT2D eigenvalue weighted by atomic mass is 16.5. The number of nitrogens with zero attached hydrogens (tertiary/aromatic N) is 1. The van der Waals surface area contributed by atoms with Crippen LogP contribution in [0.3, 0.4) is 0 Å². The summed E-state index contributed by atoms with van der Waals surface area (Å²) in [7, 11) is 1.74. The molecular weight excluding hydrogens is 278 g/mol. The molecule has 0 spiro atoms. The van der Waals surface area contributed by atoms with Crippen molar-refractivity contribution >= 4 is 16.9 Å². The number of carbonyl (C=O) groups is 1. The van der Waals surface area contributed by atoms with Crippen molar-refractivity contribution in [3.8, 4) is 5.75 Å². The van der Waals surface area contributed by atoms with Crippen LogP contribution in [-0.2, 0) is 0 Å². The Morgan fingerprint density at radius 3 is 2.59 bits per heavy atom. The lowest BCUT2D eigenvalue weighted by Gasteiger charge is -2.16. The predicted molar refractivity (Wildman–Crippen MR) is 85.1 cm³/mol. The van der Waals surface area contributed by atoms with Crippen LogP contribution in [0.15, 0.2) is 65.1 Å². The molecule has 1 aromatic heterocycles. The highest BCUT2D eigenvalue weighted by Crippen LogP contribution is 2.19. The number of hydrogen-bond acceptors (Lipinski definition) is 3. The first kappa shape index (κ1) is 14.2. The van der Waals surface area contributed by atoms with E-state index in [-0.39, 0.29) is 5.91 Å². The van der Waals surface area contributed by atoms with Gasteiger partial charge in [0.05, 0.1) is 6.54 Å². The van der Waals surface area contributed by atoms with Crippen LogP contribution in [0.2, 0.25) is 0 Å². The Kier molecular flexibility index (Phi) is 4.10. The maximum absolute atomic E-state index is 12.3. The minimum absolute atomic E-state index is 0.145. The van der Waals surface area contributed by atoms with E-state index in [1.165, 1.54) is 0 Å². The first-order valence-electron chi connectivity index (χ1n) is 7.16. The van der Waals surface area contributed by atoms with Gasteiger partial charge in [-0.05, 0) is 24.3 Å². The maximum atomic E-state index is 12.3. The summed E-state index contributed by atoms with van der Waals surface area (Å²) in [6, 6.07) is 18.9. The number of hydrogen-bond donors (Lipinski definition) is 0. The van der Waals surface area contributed by atoms with Gasteiger partial charge in [-0.1, -0.05) is 36.4 Å². The van der Waals surface area contributed by atoms with E-state index in [0.29, 0.717) is 18.9 Å². The van der Waals surface area contributed by atoms with Crippen molar-refractivity contribution in [1.29, 1.82) is 0 Å². The summed E-state index contributed by atoms with van der Waals surface area (Å²) in [5.41, 5.74) is 0.722. The van der Waals surface area contributed by atoms with Gasteiger partial charge in [0.25, 0.3) is 5.91 Å². The second-order valence-electron chi connectivity index (χ2n) is 5.04. The van der Waals surface area contributed by atoms with Gasteiger partial charge in [0.15, 0.2) is 5.76 Å². The van der Waals surface area contributed by atoms with Crippen molar-refractivity contribution < 1.29 is 13.9 Å². The van der Waals surface area contributed by atoms with Gasteiger partial charge in [0.1, 0.15) is 17.9 Å². The van der Waals surface area contributed by atoms with Crippen LogP contribution in [0.1, 0.15) is 10.6 Å². The lowest BCUT2D eigenvalue weighted by Crippen LogP contribution is -2.30. The molecule has 0 saturated carbocycles. The third kappa shape index (κ3) is 3.11. The van der Waals surface area contributed by atoms with Gasteiger partial charge in [0.2, 0.25) is 0 Å². The van der Waals surface area contributed by atoms with Crippen molar-refractivity contribution in [3.05, 3.63) is 66.4 Å². The lowest BCUT2D eigenvalue weighted by atomic mass is 10.2. The molecule has 3 aromatic rings. The van der Waals surface area contributed by atoms with Crippen LogP contribution in [0.4, 0.5) is 0 Å². The average Bonchev–Trinajstić information content (AvgIpc) is 2.99. The largest absolute Gasteiger partial charge is 0.492 e. The number of benzene rings is 2. The van der Waals surface area contributed by atoms with Gasteiger partial charge in [-0.2, -0.15) is 0 Å². The molecule has 0 unspecified atom stereocenters. The Morgan fingerprint density at radius 1 is 1.09 bits per heavy atom. The molecule has 112 valence electrons. The summed E-state index contributed by atoms with van der Waals surface area (Å²) in [6.45, 7) is 0.928. The van der Waals surface area contributed by atoms with Crippen LogP contribution in [0.5, 0.6) is 5.75 Å². The predicted octanol–water partition coefficient (Wildman–Crippen LogP) is 3.58. The number of para-hydroxylation sites is 2. The average molecular weight is 295 g/mol. The summed E-state index contributed by atoms with van der Waals surface area (Å²) in [4.78, 5) is 13.9. The van der Waals surface area contributed by atoms with Gasteiger partial charge in [-0.15, -0.1) is 0 Å². The van der Waals surface area contributed by atoms with Crippen LogP contribution in [0.25, 0.3) is 11.0 Å². The number of amides is 1. The third-order valence-corrected chi connectivity index (χ3v) is 3.42. The molecule has 0 saturated heterocycles. The summed E-state index contributed by atoms with van der Waals surface area (Å²) in [5.74, 6) is 1.00. The molecule has 0 atom stereocenters. The Hall–Kier alpha value is -2.75. The van der Waals surface area contributed by atoms with E-state index in [4.69, 9.17) is 9.15 Å². The quantitative estimate of drug-likeness (QED) is 0.722. The second-order valence-corrected chi connectivity index (χ2v) is 5.04. The smallest absolute Gasteiger partial charge is 0.289 e. The molecule has 1 heterocycles.